The van der Waals surface area contributed by atoms with Crippen molar-refractivity contribution < 1.29 is 14.5 Å². The highest BCUT2D eigenvalue weighted by atomic mass is 35.5. The minimum atomic E-state index is -0.509. The van der Waals surface area contributed by atoms with Gasteiger partial charge in [-0.05, 0) is 45.0 Å². The number of hydrogen-bond acceptors (Lipinski definition) is 5. The Bertz CT molecular complexity index is 822. The molecule has 1 heterocycles. The van der Waals surface area contributed by atoms with E-state index in [4.69, 9.17) is 11.6 Å². The van der Waals surface area contributed by atoms with Crippen molar-refractivity contribution in [2.24, 2.45) is 0 Å². The Kier molecular flexibility index (Phi) is 7.85. The summed E-state index contributed by atoms with van der Waals surface area (Å²) in [6, 6.07) is 6.89. The van der Waals surface area contributed by atoms with Gasteiger partial charge < -0.3 is 10.2 Å². The van der Waals surface area contributed by atoms with Crippen LogP contribution in [-0.2, 0) is 4.79 Å². The Balaban J connectivity index is 2.21. The van der Waals surface area contributed by atoms with E-state index in [1.807, 2.05) is 44.6 Å². The van der Waals surface area contributed by atoms with Crippen LogP contribution in [0.5, 0.6) is 0 Å². The van der Waals surface area contributed by atoms with Crippen molar-refractivity contribution >= 4 is 35.3 Å². The van der Waals surface area contributed by atoms with Gasteiger partial charge >= 0.3 is 6.03 Å². The van der Waals surface area contributed by atoms with Crippen molar-refractivity contribution in [3.8, 4) is 5.69 Å². The first-order valence-corrected chi connectivity index (χ1v) is 10.3. The molecule has 1 aromatic heterocycles. The second-order valence-electron chi connectivity index (χ2n) is 6.92. The maximum atomic E-state index is 12.1. The minimum absolute atomic E-state index is 0.0421. The number of urea groups is 1. The van der Waals surface area contributed by atoms with E-state index in [1.165, 1.54) is 16.7 Å². The van der Waals surface area contributed by atoms with Crippen LogP contribution in [0.3, 0.4) is 0 Å². The topological polar surface area (TPSA) is 93.3 Å². The summed E-state index contributed by atoms with van der Waals surface area (Å²) in [7, 11) is 4.08. The number of nitrogens with zero attached hydrogens (tertiary/aromatic N) is 3. The van der Waals surface area contributed by atoms with Gasteiger partial charge in [0.2, 0.25) is 5.91 Å². The van der Waals surface area contributed by atoms with Crippen LogP contribution in [0, 0.1) is 0 Å². The van der Waals surface area contributed by atoms with E-state index in [9.17, 15) is 9.59 Å². The number of quaternary nitrogens is 1. The van der Waals surface area contributed by atoms with Crippen LogP contribution in [0.4, 0.5) is 4.79 Å². The molecule has 0 spiro atoms. The average molecular weight is 426 g/mol. The summed E-state index contributed by atoms with van der Waals surface area (Å²) >= 11 is 7.23. The van der Waals surface area contributed by atoms with Crippen LogP contribution in [0.2, 0.25) is 5.02 Å². The summed E-state index contributed by atoms with van der Waals surface area (Å²) < 4.78 is 1.92. The van der Waals surface area contributed by atoms with Gasteiger partial charge in [-0.25, -0.2) is 4.79 Å². The van der Waals surface area contributed by atoms with Crippen molar-refractivity contribution in [2.45, 2.75) is 38.0 Å². The standard InChI is InChI=1S/C18H25ClN6O2S/c1-11(2)20-17(27)21-15(26)10-28-18-23-22-16(12(3)24(4)5)25(18)14-8-6-13(19)7-9-14/h6-9,11-12H,10H2,1-5H3,(H2,20,21,26,27)/p+1/t12-/m1/s1. The zero-order valence-corrected chi connectivity index (χ0v) is 18.2. The van der Waals surface area contributed by atoms with Crippen molar-refractivity contribution in [1.29, 1.82) is 0 Å². The Morgan fingerprint density at radius 2 is 1.82 bits per heavy atom. The SMILES string of the molecule is CC(C)NC(=O)NC(=O)CSc1nnc([C@@H](C)[NH+](C)C)n1-c1ccc(Cl)cc1. The maximum absolute atomic E-state index is 12.1. The lowest BCUT2D eigenvalue weighted by Gasteiger charge is -2.18. The van der Waals surface area contributed by atoms with Gasteiger partial charge in [0.05, 0.1) is 19.8 Å². The van der Waals surface area contributed by atoms with E-state index in [2.05, 4.69) is 27.8 Å². The number of benzene rings is 1. The zero-order valence-electron chi connectivity index (χ0n) is 16.6. The highest BCUT2D eigenvalue weighted by Crippen LogP contribution is 2.25. The molecule has 0 saturated carbocycles. The van der Waals surface area contributed by atoms with Gasteiger partial charge in [0, 0.05) is 16.8 Å². The fourth-order valence-electron chi connectivity index (χ4n) is 2.34. The Labute approximate surface area is 174 Å². The van der Waals surface area contributed by atoms with E-state index >= 15 is 0 Å². The molecule has 0 radical (unpaired) electrons. The summed E-state index contributed by atoms with van der Waals surface area (Å²) in [4.78, 5) is 24.9. The molecular formula is C18H26ClN6O2S+. The number of carbonyl (C=O) groups excluding carboxylic acids is 2. The third kappa shape index (κ3) is 5.95. The minimum Gasteiger partial charge on any atom is -0.336 e. The molecule has 10 heteroatoms. The fourth-order valence-corrected chi connectivity index (χ4v) is 3.22. The summed E-state index contributed by atoms with van der Waals surface area (Å²) in [5.41, 5.74) is 0.859. The molecule has 0 saturated heterocycles. The third-order valence-corrected chi connectivity index (χ3v) is 5.18. The van der Waals surface area contributed by atoms with Crippen LogP contribution < -0.4 is 15.5 Å². The van der Waals surface area contributed by atoms with Crippen molar-refractivity contribution in [1.82, 2.24) is 25.4 Å². The van der Waals surface area contributed by atoms with Crippen LogP contribution in [-0.4, -0.2) is 52.6 Å². The zero-order chi connectivity index (χ0) is 20.8. The predicted molar refractivity (Wildman–Crippen MR) is 110 cm³/mol. The first kappa shape index (κ1) is 22.2. The predicted octanol–water partition coefficient (Wildman–Crippen LogP) is 1.45. The van der Waals surface area contributed by atoms with Crippen molar-refractivity contribution in [3.05, 3.63) is 35.1 Å². The van der Waals surface area contributed by atoms with Crippen molar-refractivity contribution in [2.75, 3.05) is 19.8 Å². The number of halogens is 1. The summed E-state index contributed by atoms with van der Waals surface area (Å²) in [6.45, 7) is 5.70. The first-order valence-electron chi connectivity index (χ1n) is 8.93. The maximum Gasteiger partial charge on any atom is 0.321 e. The van der Waals surface area contributed by atoms with Crippen molar-refractivity contribution in [3.63, 3.8) is 0 Å². The molecule has 1 aromatic carbocycles. The van der Waals surface area contributed by atoms with Gasteiger partial charge in [0.15, 0.2) is 11.0 Å². The van der Waals surface area contributed by atoms with E-state index in [-0.39, 0.29) is 17.8 Å². The van der Waals surface area contributed by atoms with Gasteiger partial charge in [-0.2, -0.15) is 0 Å². The molecule has 2 rings (SSSR count). The quantitative estimate of drug-likeness (QED) is 0.584. The smallest absolute Gasteiger partial charge is 0.321 e. The van der Waals surface area contributed by atoms with E-state index in [0.717, 1.165) is 11.5 Å². The molecule has 0 fully saturated rings. The molecule has 0 bridgehead atoms. The molecule has 1 atom stereocenters. The summed E-state index contributed by atoms with van der Waals surface area (Å²) in [6.07, 6.45) is 0. The number of aromatic nitrogens is 3. The lowest BCUT2D eigenvalue weighted by Crippen LogP contribution is -3.05. The van der Waals surface area contributed by atoms with E-state index in [0.29, 0.717) is 10.2 Å². The lowest BCUT2D eigenvalue weighted by molar-refractivity contribution is -0.890. The Morgan fingerprint density at radius 3 is 2.39 bits per heavy atom. The molecule has 8 nitrogen and oxygen atoms in total. The number of nitrogens with one attached hydrogen (secondary N) is 3. The monoisotopic (exact) mass is 425 g/mol. The third-order valence-electron chi connectivity index (χ3n) is 4.00. The van der Waals surface area contributed by atoms with Gasteiger partial charge in [0.25, 0.3) is 0 Å². The van der Waals surface area contributed by atoms with Crippen LogP contribution >= 0.6 is 23.4 Å². The Hall–Kier alpha value is -2.10. The molecule has 0 aliphatic carbocycles. The number of amides is 3. The highest BCUT2D eigenvalue weighted by Gasteiger charge is 2.24. The number of carbonyl (C=O) groups is 2. The molecule has 0 aliphatic rings. The lowest BCUT2D eigenvalue weighted by atomic mass is 10.2. The molecule has 28 heavy (non-hydrogen) atoms. The van der Waals surface area contributed by atoms with Crippen LogP contribution in [0.25, 0.3) is 5.69 Å². The first-order chi connectivity index (χ1) is 13.2. The molecule has 0 aliphatic heterocycles. The molecule has 0 unspecified atom stereocenters. The van der Waals surface area contributed by atoms with Gasteiger partial charge in [-0.3, -0.25) is 14.7 Å². The second-order valence-corrected chi connectivity index (χ2v) is 8.30. The number of rotatable bonds is 7. The fraction of sp³-hybridized carbons (Fsp3) is 0.444. The van der Waals surface area contributed by atoms with Crippen LogP contribution in [0.1, 0.15) is 32.6 Å². The summed E-state index contributed by atoms with van der Waals surface area (Å²) in [5, 5.41) is 14.7. The Morgan fingerprint density at radius 1 is 1.18 bits per heavy atom. The molecule has 3 amide bonds. The molecule has 2 aromatic rings. The van der Waals surface area contributed by atoms with E-state index < -0.39 is 11.9 Å². The average Bonchev–Trinajstić information content (AvgIpc) is 3.02. The molecular weight excluding hydrogens is 400 g/mol. The van der Waals surface area contributed by atoms with Gasteiger partial charge in [0.1, 0.15) is 6.04 Å². The number of thioether (sulfide) groups is 1. The second kappa shape index (κ2) is 9.90. The largest absolute Gasteiger partial charge is 0.336 e. The van der Waals surface area contributed by atoms with Gasteiger partial charge in [-0.1, -0.05) is 23.4 Å². The molecule has 3 N–H and O–H groups in total. The summed E-state index contributed by atoms with van der Waals surface area (Å²) in [5.74, 6) is 0.421. The molecule has 152 valence electrons. The number of hydrogen-bond donors (Lipinski definition) is 3. The normalized spacial score (nSPS) is 12.3. The number of imide groups is 1. The van der Waals surface area contributed by atoms with Gasteiger partial charge in [-0.15, -0.1) is 10.2 Å². The highest BCUT2D eigenvalue weighted by molar-refractivity contribution is 7.99. The van der Waals surface area contributed by atoms with Crippen LogP contribution in [0.15, 0.2) is 29.4 Å². The van der Waals surface area contributed by atoms with E-state index in [1.54, 1.807) is 12.1 Å².